The Morgan fingerprint density at radius 2 is 2.08 bits per heavy atom. The molecule has 1 aliphatic heterocycles. The lowest BCUT2D eigenvalue weighted by molar-refractivity contribution is -0.115. The minimum Gasteiger partial charge on any atom is -0.489 e. The lowest BCUT2D eigenvalue weighted by atomic mass is 10.1. The Bertz CT molecular complexity index is 751. The van der Waals surface area contributed by atoms with Crippen molar-refractivity contribution in [3.63, 3.8) is 0 Å². The van der Waals surface area contributed by atoms with Crippen LogP contribution in [0.15, 0.2) is 36.5 Å². The van der Waals surface area contributed by atoms with Crippen LogP contribution in [0.2, 0.25) is 0 Å². The van der Waals surface area contributed by atoms with Gasteiger partial charge in [0.15, 0.2) is 0 Å². The van der Waals surface area contributed by atoms with Gasteiger partial charge in [0.1, 0.15) is 18.2 Å². The molecule has 6 nitrogen and oxygen atoms in total. The second kappa shape index (κ2) is 6.78. The molecule has 0 spiro atoms. The van der Waals surface area contributed by atoms with E-state index in [2.05, 4.69) is 22.2 Å². The van der Waals surface area contributed by atoms with E-state index in [1.807, 2.05) is 35.0 Å². The summed E-state index contributed by atoms with van der Waals surface area (Å²) in [5.41, 5.74) is 0.973. The van der Waals surface area contributed by atoms with E-state index in [4.69, 9.17) is 4.74 Å². The normalized spacial score (nSPS) is 20.2. The highest BCUT2D eigenvalue weighted by atomic mass is 16.5. The molecule has 1 fully saturated rings. The molecule has 0 radical (unpaired) electrons. The van der Waals surface area contributed by atoms with Crippen LogP contribution in [0.3, 0.4) is 0 Å². The fourth-order valence-corrected chi connectivity index (χ4v) is 3.79. The highest BCUT2D eigenvalue weighted by Crippen LogP contribution is 2.34. The van der Waals surface area contributed by atoms with Crippen LogP contribution in [0, 0.1) is 0 Å². The van der Waals surface area contributed by atoms with Crippen LogP contribution < -0.4 is 15.0 Å². The summed E-state index contributed by atoms with van der Waals surface area (Å²) in [6.07, 6.45) is 6.51. The third-order valence-electron chi connectivity index (χ3n) is 5.11. The van der Waals surface area contributed by atoms with Crippen LogP contribution in [0.4, 0.5) is 11.5 Å². The fourth-order valence-electron chi connectivity index (χ4n) is 3.79. The summed E-state index contributed by atoms with van der Waals surface area (Å²) in [5, 5.41) is 7.46. The summed E-state index contributed by atoms with van der Waals surface area (Å²) in [5.74, 6) is 1.61. The van der Waals surface area contributed by atoms with E-state index in [1.165, 1.54) is 12.8 Å². The van der Waals surface area contributed by atoms with Crippen molar-refractivity contribution in [1.29, 1.82) is 0 Å². The van der Waals surface area contributed by atoms with Gasteiger partial charge in [-0.1, -0.05) is 25.0 Å². The maximum Gasteiger partial charge on any atom is 0.245 e. The predicted molar refractivity (Wildman–Crippen MR) is 97.1 cm³/mol. The van der Waals surface area contributed by atoms with Crippen LogP contribution in [-0.4, -0.2) is 34.9 Å². The van der Waals surface area contributed by atoms with E-state index < -0.39 is 0 Å². The summed E-state index contributed by atoms with van der Waals surface area (Å²) in [6, 6.07) is 10.3. The van der Waals surface area contributed by atoms with E-state index in [9.17, 15) is 4.79 Å². The highest BCUT2D eigenvalue weighted by molar-refractivity contribution is 5.93. The smallest absolute Gasteiger partial charge is 0.245 e. The molecule has 0 saturated heterocycles. The van der Waals surface area contributed by atoms with Crippen LogP contribution in [-0.2, 0) is 4.79 Å². The number of hydrogen-bond donors (Lipinski definition) is 1. The van der Waals surface area contributed by atoms with E-state index in [0.717, 1.165) is 30.1 Å². The SMILES string of the molecule is CC1COc2ccccc2N1CC(=O)Nc1ccnn1C1CCCC1. The first-order chi connectivity index (χ1) is 12.2. The molecule has 1 atom stereocenters. The van der Waals surface area contributed by atoms with E-state index in [0.29, 0.717) is 19.2 Å². The third-order valence-corrected chi connectivity index (χ3v) is 5.11. The van der Waals surface area contributed by atoms with Gasteiger partial charge in [0, 0.05) is 6.07 Å². The number of hydrogen-bond acceptors (Lipinski definition) is 4. The molecular weight excluding hydrogens is 316 g/mol. The quantitative estimate of drug-likeness (QED) is 0.928. The molecule has 2 aliphatic rings. The molecule has 1 aromatic carbocycles. The van der Waals surface area contributed by atoms with E-state index in [-0.39, 0.29) is 11.9 Å². The first-order valence-corrected chi connectivity index (χ1v) is 9.04. The van der Waals surface area contributed by atoms with Gasteiger partial charge in [0.05, 0.1) is 30.5 Å². The summed E-state index contributed by atoms with van der Waals surface area (Å²) in [7, 11) is 0. The number of para-hydroxylation sites is 2. The van der Waals surface area contributed by atoms with Crippen molar-refractivity contribution in [1.82, 2.24) is 9.78 Å². The highest BCUT2D eigenvalue weighted by Gasteiger charge is 2.26. The molecule has 4 rings (SSSR count). The number of nitrogens with zero attached hydrogens (tertiary/aromatic N) is 3. The van der Waals surface area contributed by atoms with Gasteiger partial charge in [-0.15, -0.1) is 0 Å². The largest absolute Gasteiger partial charge is 0.489 e. The number of carbonyl (C=O) groups is 1. The van der Waals surface area contributed by atoms with E-state index >= 15 is 0 Å². The average molecular weight is 340 g/mol. The van der Waals surface area contributed by atoms with Crippen LogP contribution in [0.25, 0.3) is 0 Å². The molecule has 0 bridgehead atoms. The second-order valence-corrected chi connectivity index (χ2v) is 6.90. The number of ether oxygens (including phenoxy) is 1. The molecule has 1 aromatic heterocycles. The van der Waals surface area contributed by atoms with Crippen LogP contribution in [0.5, 0.6) is 5.75 Å². The molecule has 132 valence electrons. The van der Waals surface area contributed by atoms with Gasteiger partial charge < -0.3 is 15.0 Å². The van der Waals surface area contributed by atoms with Gasteiger partial charge in [0.2, 0.25) is 5.91 Å². The van der Waals surface area contributed by atoms with Gasteiger partial charge in [0.25, 0.3) is 0 Å². The van der Waals surface area contributed by atoms with Crippen molar-refractivity contribution < 1.29 is 9.53 Å². The molecule has 2 aromatic rings. The second-order valence-electron chi connectivity index (χ2n) is 6.90. The monoisotopic (exact) mass is 340 g/mol. The number of carbonyl (C=O) groups excluding carboxylic acids is 1. The summed E-state index contributed by atoms with van der Waals surface area (Å²) in [6.45, 7) is 2.97. The number of rotatable bonds is 4. The van der Waals surface area contributed by atoms with Gasteiger partial charge in [-0.25, -0.2) is 4.68 Å². The zero-order chi connectivity index (χ0) is 17.2. The molecule has 6 heteroatoms. The zero-order valence-electron chi connectivity index (χ0n) is 14.5. The minimum atomic E-state index is -0.0247. The van der Waals surface area contributed by atoms with Crippen molar-refractivity contribution >= 4 is 17.4 Å². The minimum absolute atomic E-state index is 0.0247. The molecule has 25 heavy (non-hydrogen) atoms. The van der Waals surface area contributed by atoms with Gasteiger partial charge >= 0.3 is 0 Å². The first kappa shape index (κ1) is 16.0. The summed E-state index contributed by atoms with van der Waals surface area (Å²) < 4.78 is 7.73. The Labute approximate surface area is 147 Å². The Morgan fingerprint density at radius 3 is 2.92 bits per heavy atom. The van der Waals surface area contributed by atoms with E-state index in [1.54, 1.807) is 6.20 Å². The fraction of sp³-hybridized carbons (Fsp3) is 0.474. The Hall–Kier alpha value is -2.50. The third kappa shape index (κ3) is 3.21. The number of fused-ring (bicyclic) bond motifs is 1. The van der Waals surface area contributed by atoms with Crippen molar-refractivity contribution in [2.75, 3.05) is 23.4 Å². The molecule has 2 heterocycles. The maximum absolute atomic E-state index is 12.7. The predicted octanol–water partition coefficient (Wildman–Crippen LogP) is 3.22. The van der Waals surface area contributed by atoms with Gasteiger partial charge in [-0.3, -0.25) is 4.79 Å². The summed E-state index contributed by atoms with van der Waals surface area (Å²) >= 11 is 0. The Morgan fingerprint density at radius 1 is 1.28 bits per heavy atom. The lowest BCUT2D eigenvalue weighted by Crippen LogP contribution is -2.45. The molecule has 1 N–H and O–H groups in total. The molecule has 1 amide bonds. The average Bonchev–Trinajstić information content (AvgIpc) is 3.28. The van der Waals surface area contributed by atoms with Crippen LogP contribution in [0.1, 0.15) is 38.6 Å². The zero-order valence-corrected chi connectivity index (χ0v) is 14.5. The molecule has 1 saturated carbocycles. The van der Waals surface area contributed by atoms with Crippen molar-refractivity contribution in [3.8, 4) is 5.75 Å². The topological polar surface area (TPSA) is 59.4 Å². The van der Waals surface area contributed by atoms with Crippen LogP contribution >= 0.6 is 0 Å². The van der Waals surface area contributed by atoms with Gasteiger partial charge in [-0.2, -0.15) is 5.10 Å². The standard InChI is InChI=1S/C19H24N4O2/c1-14-13-25-17-9-5-4-8-16(17)22(14)12-19(24)21-18-10-11-20-23(18)15-6-2-3-7-15/h4-5,8-11,14-15H,2-3,6-7,12-13H2,1H3,(H,21,24). The number of benzene rings is 1. The molecular formula is C19H24N4O2. The number of amides is 1. The van der Waals surface area contributed by atoms with Crippen molar-refractivity contribution in [3.05, 3.63) is 36.5 Å². The molecule has 1 unspecified atom stereocenters. The Kier molecular flexibility index (Phi) is 4.34. The van der Waals surface area contributed by atoms with Gasteiger partial charge in [-0.05, 0) is 31.9 Å². The Balaban J connectivity index is 1.47. The summed E-state index contributed by atoms with van der Waals surface area (Å²) in [4.78, 5) is 14.8. The number of aromatic nitrogens is 2. The number of nitrogens with one attached hydrogen (secondary N) is 1. The van der Waals surface area contributed by atoms with Crippen molar-refractivity contribution in [2.24, 2.45) is 0 Å². The maximum atomic E-state index is 12.7. The van der Waals surface area contributed by atoms with Crippen molar-refractivity contribution in [2.45, 2.75) is 44.7 Å². The lowest BCUT2D eigenvalue weighted by Gasteiger charge is -2.36. The first-order valence-electron chi connectivity index (χ1n) is 9.04. The molecule has 1 aliphatic carbocycles. The number of anilines is 2.